The minimum atomic E-state index is -0.450. The van der Waals surface area contributed by atoms with Crippen molar-refractivity contribution in [1.29, 1.82) is 0 Å². The Labute approximate surface area is 105 Å². The minimum Gasteiger partial charge on any atom is -0.366 e. The molecule has 90 valence electrons. The molecule has 0 saturated heterocycles. The summed E-state index contributed by atoms with van der Waals surface area (Å²) in [6.07, 6.45) is 0. The zero-order chi connectivity index (χ0) is 12.7. The summed E-state index contributed by atoms with van der Waals surface area (Å²) in [6.45, 7) is 0. The van der Waals surface area contributed by atoms with Crippen LogP contribution in [0.25, 0.3) is 17.2 Å². The van der Waals surface area contributed by atoms with Crippen molar-refractivity contribution in [1.82, 2.24) is 24.6 Å². The highest BCUT2D eigenvalue weighted by molar-refractivity contribution is 6.30. The number of nitrogens with two attached hydrogens (primary N) is 1. The topological polar surface area (TPSA) is 102 Å². The molecule has 0 radical (unpaired) electrons. The summed E-state index contributed by atoms with van der Waals surface area (Å²) < 4.78 is 1.01. The molecule has 0 aliphatic heterocycles. The van der Waals surface area contributed by atoms with Crippen LogP contribution in [-0.2, 0) is 0 Å². The third-order valence-corrected chi connectivity index (χ3v) is 2.61. The van der Waals surface area contributed by atoms with Crippen LogP contribution in [0.4, 0.5) is 5.95 Å². The van der Waals surface area contributed by atoms with Gasteiger partial charge in [0.25, 0.3) is 5.78 Å². The molecular formula is C10H7ClN6O. The van der Waals surface area contributed by atoms with Crippen LogP contribution in [0.15, 0.2) is 29.1 Å². The highest BCUT2D eigenvalue weighted by atomic mass is 35.5. The lowest BCUT2D eigenvalue weighted by molar-refractivity contribution is 0.847. The van der Waals surface area contributed by atoms with E-state index in [1.807, 2.05) is 0 Å². The van der Waals surface area contributed by atoms with Crippen molar-refractivity contribution in [3.8, 4) is 11.4 Å². The van der Waals surface area contributed by atoms with Crippen LogP contribution in [0.2, 0.25) is 5.02 Å². The number of aromatic amines is 1. The number of hydrogen-bond acceptors (Lipinski definition) is 5. The molecule has 0 saturated carbocycles. The van der Waals surface area contributed by atoms with E-state index in [1.165, 1.54) is 0 Å². The second kappa shape index (κ2) is 3.81. The molecule has 0 aliphatic rings. The molecule has 2 heterocycles. The Morgan fingerprint density at radius 1 is 1.22 bits per heavy atom. The summed E-state index contributed by atoms with van der Waals surface area (Å²) in [6, 6.07) is 6.91. The summed E-state index contributed by atoms with van der Waals surface area (Å²) in [7, 11) is 0. The summed E-state index contributed by atoms with van der Waals surface area (Å²) in [5, 5.41) is 4.32. The first kappa shape index (κ1) is 10.7. The van der Waals surface area contributed by atoms with Crippen molar-refractivity contribution in [2.45, 2.75) is 0 Å². The van der Waals surface area contributed by atoms with Crippen molar-refractivity contribution in [3.05, 3.63) is 39.8 Å². The van der Waals surface area contributed by atoms with Gasteiger partial charge in [0.2, 0.25) is 5.95 Å². The van der Waals surface area contributed by atoms with E-state index in [-0.39, 0.29) is 11.7 Å². The smallest absolute Gasteiger partial charge is 0.351 e. The van der Waals surface area contributed by atoms with Gasteiger partial charge in [0, 0.05) is 10.6 Å². The first-order valence-corrected chi connectivity index (χ1v) is 5.40. The molecule has 0 fully saturated rings. The van der Waals surface area contributed by atoms with Crippen LogP contribution in [0.1, 0.15) is 0 Å². The lowest BCUT2D eigenvalue weighted by Crippen LogP contribution is -2.19. The van der Waals surface area contributed by atoms with Gasteiger partial charge in [-0.1, -0.05) is 11.6 Å². The number of halogens is 1. The average molecular weight is 263 g/mol. The largest absolute Gasteiger partial charge is 0.366 e. The van der Waals surface area contributed by atoms with E-state index in [0.717, 1.165) is 10.1 Å². The quantitative estimate of drug-likeness (QED) is 0.673. The van der Waals surface area contributed by atoms with Crippen LogP contribution in [0, 0.1) is 0 Å². The molecular weight excluding hydrogens is 256 g/mol. The number of H-pyrrole nitrogens is 1. The van der Waals surface area contributed by atoms with Gasteiger partial charge in [-0.2, -0.15) is 9.97 Å². The van der Waals surface area contributed by atoms with Gasteiger partial charge < -0.3 is 5.73 Å². The molecule has 2 aromatic heterocycles. The Kier molecular flexibility index (Phi) is 2.27. The van der Waals surface area contributed by atoms with Gasteiger partial charge >= 0.3 is 5.69 Å². The van der Waals surface area contributed by atoms with E-state index in [1.54, 1.807) is 24.3 Å². The monoisotopic (exact) mass is 262 g/mol. The van der Waals surface area contributed by atoms with Gasteiger partial charge in [0.15, 0.2) is 0 Å². The fraction of sp³-hybridized carbons (Fsp3) is 0. The molecule has 0 bridgehead atoms. The predicted octanol–water partition coefficient (Wildman–Crippen LogP) is 0.715. The predicted molar refractivity (Wildman–Crippen MR) is 66.3 cm³/mol. The Balaban J connectivity index is 2.24. The van der Waals surface area contributed by atoms with E-state index in [9.17, 15) is 4.79 Å². The van der Waals surface area contributed by atoms with E-state index >= 15 is 0 Å². The fourth-order valence-corrected chi connectivity index (χ4v) is 1.68. The second-order valence-electron chi connectivity index (χ2n) is 3.58. The minimum absolute atomic E-state index is 0.00116. The van der Waals surface area contributed by atoms with Crippen molar-refractivity contribution in [3.63, 3.8) is 0 Å². The summed E-state index contributed by atoms with van der Waals surface area (Å²) in [5.41, 5.74) is 5.69. The molecule has 0 atom stereocenters. The van der Waals surface area contributed by atoms with Crippen molar-refractivity contribution >= 4 is 23.3 Å². The normalized spacial score (nSPS) is 10.9. The number of nitrogens with zero attached hydrogens (tertiary/aromatic N) is 4. The van der Waals surface area contributed by atoms with Crippen molar-refractivity contribution < 1.29 is 0 Å². The van der Waals surface area contributed by atoms with Gasteiger partial charge in [0.05, 0.1) is 0 Å². The number of nitrogens with one attached hydrogen (secondary N) is 1. The molecule has 0 aliphatic carbocycles. The SMILES string of the molecule is Nc1nc2nc(-c3ccc(Cl)cc3)[nH]c(=O)n2n1. The Hall–Kier alpha value is -2.41. The number of aromatic nitrogens is 5. The molecule has 3 aromatic rings. The maximum Gasteiger partial charge on any atom is 0.351 e. The lowest BCUT2D eigenvalue weighted by atomic mass is 10.2. The summed E-state index contributed by atoms with van der Waals surface area (Å²) in [5.74, 6) is 0.541. The molecule has 8 heteroatoms. The van der Waals surface area contributed by atoms with Crippen LogP contribution in [0.5, 0.6) is 0 Å². The number of rotatable bonds is 1. The lowest BCUT2D eigenvalue weighted by Gasteiger charge is -2.00. The summed E-state index contributed by atoms with van der Waals surface area (Å²) >= 11 is 5.79. The van der Waals surface area contributed by atoms with Gasteiger partial charge in [-0.3, -0.25) is 4.98 Å². The van der Waals surface area contributed by atoms with Crippen LogP contribution in [-0.4, -0.2) is 24.6 Å². The standard InChI is InChI=1S/C10H7ClN6O/c11-6-3-1-5(2-4-6)7-13-9-15-8(12)16-17(9)10(18)14-7/h1-4H,(H3,12,13,14,15,16,18). The molecule has 7 nitrogen and oxygen atoms in total. The molecule has 0 spiro atoms. The van der Waals surface area contributed by atoms with E-state index in [0.29, 0.717) is 10.8 Å². The fourth-order valence-electron chi connectivity index (χ4n) is 1.55. The van der Waals surface area contributed by atoms with E-state index < -0.39 is 5.69 Å². The van der Waals surface area contributed by atoms with Crippen LogP contribution >= 0.6 is 11.6 Å². The van der Waals surface area contributed by atoms with Crippen LogP contribution < -0.4 is 11.4 Å². The Morgan fingerprint density at radius 2 is 1.94 bits per heavy atom. The van der Waals surface area contributed by atoms with Gasteiger partial charge in [-0.05, 0) is 24.3 Å². The third-order valence-electron chi connectivity index (χ3n) is 2.35. The van der Waals surface area contributed by atoms with E-state index in [2.05, 4.69) is 20.1 Å². The van der Waals surface area contributed by atoms with Gasteiger partial charge in [0.1, 0.15) is 5.82 Å². The van der Waals surface area contributed by atoms with Crippen LogP contribution in [0.3, 0.4) is 0 Å². The second-order valence-corrected chi connectivity index (χ2v) is 4.02. The Morgan fingerprint density at radius 3 is 2.67 bits per heavy atom. The Bertz CT molecular complexity index is 775. The maximum absolute atomic E-state index is 11.7. The first-order valence-electron chi connectivity index (χ1n) is 5.02. The zero-order valence-corrected chi connectivity index (χ0v) is 9.72. The van der Waals surface area contributed by atoms with Crippen molar-refractivity contribution in [2.75, 3.05) is 5.73 Å². The number of benzene rings is 1. The molecule has 0 amide bonds. The zero-order valence-electron chi connectivity index (χ0n) is 8.96. The van der Waals surface area contributed by atoms with Crippen molar-refractivity contribution in [2.24, 2.45) is 0 Å². The molecule has 0 unspecified atom stereocenters. The summed E-state index contributed by atoms with van der Waals surface area (Å²) in [4.78, 5) is 22.3. The average Bonchev–Trinajstić information content (AvgIpc) is 2.71. The third kappa shape index (κ3) is 1.70. The molecule has 18 heavy (non-hydrogen) atoms. The highest BCUT2D eigenvalue weighted by Gasteiger charge is 2.08. The number of nitrogen functional groups attached to an aromatic ring is 1. The molecule has 3 N–H and O–H groups in total. The molecule has 3 rings (SSSR count). The van der Waals surface area contributed by atoms with Gasteiger partial charge in [-0.15, -0.1) is 9.61 Å². The highest BCUT2D eigenvalue weighted by Crippen LogP contribution is 2.17. The number of anilines is 1. The van der Waals surface area contributed by atoms with Gasteiger partial charge in [-0.25, -0.2) is 4.79 Å². The maximum atomic E-state index is 11.7. The number of fused-ring (bicyclic) bond motifs is 1. The molecule has 1 aromatic carbocycles. The van der Waals surface area contributed by atoms with E-state index in [4.69, 9.17) is 17.3 Å². The number of hydrogen-bond donors (Lipinski definition) is 2. The first-order chi connectivity index (χ1) is 8.63.